The number of benzene rings is 1. The first-order valence-corrected chi connectivity index (χ1v) is 9.28. The molecule has 4 heteroatoms. The fourth-order valence-corrected chi connectivity index (χ4v) is 5.31. The molecule has 0 spiro atoms. The van der Waals surface area contributed by atoms with Gasteiger partial charge in [0.25, 0.3) is 0 Å². The number of nitriles is 2. The lowest BCUT2D eigenvalue weighted by molar-refractivity contribution is 0.151. The Hall–Kier alpha value is -2.82. The van der Waals surface area contributed by atoms with Gasteiger partial charge in [0.15, 0.2) is 12.1 Å². The Morgan fingerprint density at radius 3 is 2.12 bits per heavy atom. The second-order valence-corrected chi connectivity index (χ2v) is 7.67. The molecule has 0 saturated heterocycles. The Balaban J connectivity index is 1.80. The molecule has 0 heterocycles. The molecule has 0 bridgehead atoms. The van der Waals surface area contributed by atoms with Crippen LogP contribution >= 0.6 is 0 Å². The Kier molecular flexibility index (Phi) is 5.56. The van der Waals surface area contributed by atoms with Crippen molar-refractivity contribution in [1.29, 1.82) is 10.5 Å². The summed E-state index contributed by atoms with van der Waals surface area (Å²) in [5.74, 6) is 1.17. The van der Waals surface area contributed by atoms with Gasteiger partial charge in [0.05, 0.1) is 11.8 Å². The van der Waals surface area contributed by atoms with E-state index < -0.39 is 12.1 Å². The first-order chi connectivity index (χ1) is 12.7. The molecular weight excluding hydrogens is 320 g/mol. The molecule has 1 aromatic carbocycles. The molecule has 26 heavy (non-hydrogen) atoms. The van der Waals surface area contributed by atoms with E-state index in [-0.39, 0.29) is 11.8 Å². The highest BCUT2D eigenvalue weighted by atomic mass is 14.8. The summed E-state index contributed by atoms with van der Waals surface area (Å²) in [7, 11) is 0. The summed E-state index contributed by atoms with van der Waals surface area (Å²) in [6.45, 7) is 14.8. The molecule has 0 radical (unpaired) electrons. The molecular formula is C22H22N4. The molecule has 4 nitrogen and oxygen atoms in total. The Morgan fingerprint density at radius 1 is 0.923 bits per heavy atom. The number of nitrogens with zero attached hydrogens (tertiary/aromatic N) is 4. The smallest absolute Gasteiger partial charge is 0.297 e. The first kappa shape index (κ1) is 18.0. The van der Waals surface area contributed by atoms with Crippen molar-refractivity contribution in [2.75, 3.05) is 0 Å². The van der Waals surface area contributed by atoms with Crippen LogP contribution in [0, 0.1) is 65.4 Å². The van der Waals surface area contributed by atoms with Gasteiger partial charge in [-0.05, 0) is 55.4 Å². The number of rotatable bonds is 4. The van der Waals surface area contributed by atoms with Crippen LogP contribution in [0.1, 0.15) is 31.2 Å². The molecule has 2 saturated carbocycles. The third kappa shape index (κ3) is 3.43. The van der Waals surface area contributed by atoms with Crippen LogP contribution in [0.5, 0.6) is 0 Å². The average molecular weight is 342 g/mol. The van der Waals surface area contributed by atoms with Gasteiger partial charge in [0, 0.05) is 0 Å². The fourth-order valence-electron chi connectivity index (χ4n) is 5.31. The molecule has 0 aliphatic heterocycles. The molecule has 3 rings (SSSR count). The summed E-state index contributed by atoms with van der Waals surface area (Å²) in [5.41, 5.74) is 1.33. The van der Waals surface area contributed by atoms with Crippen molar-refractivity contribution in [3.05, 3.63) is 58.7 Å². The van der Waals surface area contributed by atoms with E-state index in [1.165, 1.54) is 5.56 Å². The summed E-state index contributed by atoms with van der Waals surface area (Å²) in [5, 5.41) is 18.8. The van der Waals surface area contributed by atoms with Crippen LogP contribution in [0.15, 0.2) is 30.3 Å². The van der Waals surface area contributed by atoms with E-state index in [0.717, 1.165) is 25.7 Å². The molecule has 0 amide bonds. The third-order valence-corrected chi connectivity index (χ3v) is 6.43. The van der Waals surface area contributed by atoms with Crippen LogP contribution < -0.4 is 0 Å². The lowest BCUT2D eigenvalue weighted by atomic mass is 9.68. The number of fused-ring (bicyclic) bond motifs is 1. The van der Waals surface area contributed by atoms with E-state index in [9.17, 15) is 10.5 Å². The maximum atomic E-state index is 9.43. The Bertz CT molecular complexity index is 761. The van der Waals surface area contributed by atoms with E-state index >= 15 is 0 Å². The third-order valence-electron chi connectivity index (χ3n) is 6.43. The van der Waals surface area contributed by atoms with Gasteiger partial charge in [-0.3, -0.25) is 9.69 Å². The van der Waals surface area contributed by atoms with E-state index in [1.54, 1.807) is 0 Å². The van der Waals surface area contributed by atoms with E-state index in [2.05, 4.69) is 46.1 Å². The van der Waals surface area contributed by atoms with Crippen molar-refractivity contribution in [3.63, 3.8) is 0 Å². The molecule has 0 N–H and O–H groups in total. The van der Waals surface area contributed by atoms with Crippen molar-refractivity contribution in [2.24, 2.45) is 29.6 Å². The predicted molar refractivity (Wildman–Crippen MR) is 98.1 cm³/mol. The second kappa shape index (κ2) is 8.04. The fraction of sp³-hybridized carbons (Fsp3) is 0.545. The van der Waals surface area contributed by atoms with Gasteiger partial charge in [0.1, 0.15) is 0 Å². The summed E-state index contributed by atoms with van der Waals surface area (Å²) < 4.78 is 0. The quantitative estimate of drug-likeness (QED) is 0.755. The Morgan fingerprint density at radius 2 is 1.54 bits per heavy atom. The maximum Gasteiger partial charge on any atom is 0.310 e. The first-order valence-electron chi connectivity index (χ1n) is 9.28. The van der Waals surface area contributed by atoms with E-state index in [4.69, 9.17) is 13.1 Å². The van der Waals surface area contributed by atoms with Gasteiger partial charge in [-0.1, -0.05) is 30.3 Å². The van der Waals surface area contributed by atoms with Crippen LogP contribution in [0.3, 0.4) is 0 Å². The number of hydrogen-bond donors (Lipinski definition) is 0. The van der Waals surface area contributed by atoms with Gasteiger partial charge in [-0.15, -0.1) is 0 Å². The van der Waals surface area contributed by atoms with Crippen LogP contribution in [-0.4, -0.2) is 12.1 Å². The molecule has 1 aromatic rings. The monoisotopic (exact) mass is 342 g/mol. The van der Waals surface area contributed by atoms with Crippen LogP contribution in [0.2, 0.25) is 0 Å². The zero-order valence-electron chi connectivity index (χ0n) is 14.8. The molecule has 0 aromatic heterocycles. The minimum absolute atomic E-state index is 0.00340. The molecule has 2 aliphatic carbocycles. The number of hydrogen-bond acceptors (Lipinski definition) is 2. The van der Waals surface area contributed by atoms with Gasteiger partial charge >= 0.3 is 12.1 Å². The largest absolute Gasteiger partial charge is 0.310 e. The normalized spacial score (nSPS) is 32.1. The van der Waals surface area contributed by atoms with Crippen molar-refractivity contribution in [3.8, 4) is 12.1 Å². The van der Waals surface area contributed by atoms with Crippen molar-refractivity contribution >= 4 is 0 Å². The minimum Gasteiger partial charge on any atom is -0.297 e. The zero-order chi connectivity index (χ0) is 18.5. The van der Waals surface area contributed by atoms with Crippen molar-refractivity contribution in [2.45, 2.75) is 44.2 Å². The highest BCUT2D eigenvalue weighted by Crippen LogP contribution is 2.54. The molecule has 7 atom stereocenters. The molecule has 130 valence electrons. The maximum absolute atomic E-state index is 9.43. The molecule has 2 aliphatic rings. The predicted octanol–water partition coefficient (Wildman–Crippen LogP) is 4.52. The average Bonchev–Trinajstić information content (AvgIpc) is 3.04. The van der Waals surface area contributed by atoms with Crippen LogP contribution in [0.25, 0.3) is 9.69 Å². The summed E-state index contributed by atoms with van der Waals surface area (Å²) in [6.07, 6.45) is 4.82. The van der Waals surface area contributed by atoms with Gasteiger partial charge in [-0.2, -0.15) is 10.5 Å². The highest BCUT2D eigenvalue weighted by Gasteiger charge is 2.54. The standard InChI is InChI=1S/C22H22N4/c1-25-21(13-23)19-12-20(22(14-24)26-2)18-11-16(8-9-17(18)19)10-15-6-4-3-5-7-15/h3-7,16-22H,8-12H2. The van der Waals surface area contributed by atoms with Crippen molar-refractivity contribution < 1.29 is 0 Å². The highest BCUT2D eigenvalue weighted by molar-refractivity contribution is 5.18. The van der Waals surface area contributed by atoms with Gasteiger partial charge in [0.2, 0.25) is 0 Å². The summed E-state index contributed by atoms with van der Waals surface area (Å²) >= 11 is 0. The lowest BCUT2D eigenvalue weighted by Gasteiger charge is -2.35. The molecule has 2 fully saturated rings. The van der Waals surface area contributed by atoms with E-state index in [0.29, 0.717) is 24.2 Å². The van der Waals surface area contributed by atoms with Crippen molar-refractivity contribution in [1.82, 2.24) is 0 Å². The Labute approximate surface area is 155 Å². The second-order valence-electron chi connectivity index (χ2n) is 7.67. The van der Waals surface area contributed by atoms with Crippen LogP contribution in [0.4, 0.5) is 0 Å². The summed E-state index contributed by atoms with van der Waals surface area (Å²) in [6, 6.07) is 13.5. The SMILES string of the molecule is [C-]#[N+]C(C#N)C1CC(C(C#N)[N+]#[C-])C2CC(Cc3ccccc3)CCC12. The zero-order valence-corrected chi connectivity index (χ0v) is 14.8. The molecule has 7 unspecified atom stereocenters. The van der Waals surface area contributed by atoms with E-state index in [1.807, 2.05) is 6.07 Å². The van der Waals surface area contributed by atoms with Gasteiger partial charge in [-0.25, -0.2) is 13.1 Å². The topological polar surface area (TPSA) is 56.3 Å². The van der Waals surface area contributed by atoms with Gasteiger partial charge < -0.3 is 0 Å². The van der Waals surface area contributed by atoms with Crippen LogP contribution in [-0.2, 0) is 6.42 Å². The lowest BCUT2D eigenvalue weighted by Crippen LogP contribution is -2.32. The minimum atomic E-state index is -0.645. The summed E-state index contributed by atoms with van der Waals surface area (Å²) in [4.78, 5) is 7.10.